The molecule has 0 bridgehead atoms. The largest absolute Gasteiger partial charge is 0.468 e. The van der Waals surface area contributed by atoms with Crippen LogP contribution >= 0.6 is 23.2 Å². The van der Waals surface area contributed by atoms with Crippen LogP contribution in [0, 0.1) is 11.8 Å². The molecule has 0 saturated carbocycles. The van der Waals surface area contributed by atoms with Crippen LogP contribution in [0.3, 0.4) is 0 Å². The van der Waals surface area contributed by atoms with Crippen LogP contribution in [0.15, 0.2) is 42.5 Å². The van der Waals surface area contributed by atoms with Crippen molar-refractivity contribution >= 4 is 41.0 Å². The molecule has 0 aliphatic carbocycles. The number of ether oxygens (including phenoxy) is 1. The highest BCUT2D eigenvalue weighted by molar-refractivity contribution is 6.42. The minimum absolute atomic E-state index is 0.205. The van der Waals surface area contributed by atoms with E-state index in [1.165, 1.54) is 12.0 Å². The van der Waals surface area contributed by atoms with Crippen LogP contribution in [-0.2, 0) is 19.1 Å². The van der Waals surface area contributed by atoms with Gasteiger partial charge in [0.05, 0.1) is 29.0 Å². The lowest BCUT2D eigenvalue weighted by Gasteiger charge is -2.36. The molecule has 5 rings (SSSR count). The number of hydrogen-bond acceptors (Lipinski definition) is 5. The van der Waals surface area contributed by atoms with Crippen LogP contribution in [0.1, 0.15) is 31.4 Å². The zero-order valence-electron chi connectivity index (χ0n) is 18.4. The van der Waals surface area contributed by atoms with Crippen molar-refractivity contribution in [2.75, 3.05) is 20.2 Å². The Hall–Kier alpha value is -2.41. The fourth-order valence-corrected chi connectivity index (χ4v) is 6.42. The van der Waals surface area contributed by atoms with Crippen LogP contribution in [0.25, 0.3) is 11.1 Å². The number of benzene rings is 2. The Kier molecular flexibility index (Phi) is 5.51. The SMILES string of the molecule is CCN1C(=O)[C@@H]2[C@@H](c3ccc(-c4ccc(Cl)c(Cl)c4)cc3)N3CCC[C@@]3(C(=O)OC)[C@@H]2C1=O. The van der Waals surface area contributed by atoms with E-state index >= 15 is 0 Å². The fourth-order valence-electron chi connectivity index (χ4n) is 6.12. The molecule has 3 aliphatic heterocycles. The highest BCUT2D eigenvalue weighted by Gasteiger charge is 2.73. The molecule has 3 saturated heterocycles. The maximum atomic E-state index is 13.4. The van der Waals surface area contributed by atoms with Gasteiger partial charge < -0.3 is 4.74 Å². The summed E-state index contributed by atoms with van der Waals surface area (Å²) >= 11 is 12.2. The number of imide groups is 1. The minimum Gasteiger partial charge on any atom is -0.468 e. The first-order chi connectivity index (χ1) is 15.8. The van der Waals surface area contributed by atoms with E-state index in [0.29, 0.717) is 29.6 Å². The van der Waals surface area contributed by atoms with Gasteiger partial charge in [0.1, 0.15) is 5.54 Å². The molecule has 2 aromatic rings. The van der Waals surface area contributed by atoms with Crippen molar-refractivity contribution in [2.24, 2.45) is 11.8 Å². The van der Waals surface area contributed by atoms with E-state index in [9.17, 15) is 14.4 Å². The molecule has 33 heavy (non-hydrogen) atoms. The summed E-state index contributed by atoms with van der Waals surface area (Å²) in [5.41, 5.74) is 1.69. The van der Waals surface area contributed by atoms with Gasteiger partial charge in [-0.3, -0.25) is 24.2 Å². The number of carbonyl (C=O) groups is 3. The predicted molar refractivity (Wildman–Crippen MR) is 125 cm³/mol. The normalized spacial score (nSPS) is 28.8. The van der Waals surface area contributed by atoms with E-state index in [-0.39, 0.29) is 17.9 Å². The zero-order chi connectivity index (χ0) is 23.5. The second kappa shape index (κ2) is 8.12. The number of likely N-dealkylation sites (tertiary alicyclic amines) is 1. The molecule has 3 aliphatic rings. The van der Waals surface area contributed by atoms with E-state index < -0.39 is 23.3 Å². The fraction of sp³-hybridized carbons (Fsp3) is 0.400. The summed E-state index contributed by atoms with van der Waals surface area (Å²) in [6.07, 6.45) is 1.28. The van der Waals surface area contributed by atoms with Crippen LogP contribution in [0.5, 0.6) is 0 Å². The first kappa shape index (κ1) is 22.4. The lowest BCUT2D eigenvalue weighted by atomic mass is 9.77. The van der Waals surface area contributed by atoms with Crippen molar-refractivity contribution in [3.63, 3.8) is 0 Å². The highest BCUT2D eigenvalue weighted by Crippen LogP contribution is 2.59. The van der Waals surface area contributed by atoms with Gasteiger partial charge >= 0.3 is 5.97 Å². The summed E-state index contributed by atoms with van der Waals surface area (Å²) in [5.74, 6) is -2.22. The Morgan fingerprint density at radius 1 is 1.06 bits per heavy atom. The summed E-state index contributed by atoms with van der Waals surface area (Å²) in [5, 5.41) is 0.971. The lowest BCUT2D eigenvalue weighted by Crippen LogP contribution is -2.54. The predicted octanol–water partition coefficient (Wildman–Crippen LogP) is 4.34. The van der Waals surface area contributed by atoms with Gasteiger partial charge in [-0.1, -0.05) is 53.5 Å². The highest BCUT2D eigenvalue weighted by atomic mass is 35.5. The second-order valence-corrected chi connectivity index (χ2v) is 9.65. The average molecular weight is 487 g/mol. The first-order valence-electron chi connectivity index (χ1n) is 11.1. The number of halogens is 2. The molecule has 0 unspecified atom stereocenters. The van der Waals surface area contributed by atoms with E-state index in [1.54, 1.807) is 13.0 Å². The number of fused-ring (bicyclic) bond motifs is 3. The molecule has 3 fully saturated rings. The molecule has 0 aromatic heterocycles. The minimum atomic E-state index is -1.09. The van der Waals surface area contributed by atoms with Crippen molar-refractivity contribution in [3.8, 4) is 11.1 Å². The third kappa shape index (κ3) is 3.07. The summed E-state index contributed by atoms with van der Waals surface area (Å²) in [7, 11) is 1.35. The molecule has 3 heterocycles. The molecule has 0 radical (unpaired) electrons. The number of hydrogen-bond donors (Lipinski definition) is 0. The van der Waals surface area contributed by atoms with Crippen molar-refractivity contribution < 1.29 is 19.1 Å². The Labute approximate surface area is 202 Å². The van der Waals surface area contributed by atoms with Gasteiger partial charge in [0, 0.05) is 12.6 Å². The molecular weight excluding hydrogens is 463 g/mol. The van der Waals surface area contributed by atoms with Crippen LogP contribution < -0.4 is 0 Å². The molecule has 0 N–H and O–H groups in total. The number of nitrogens with zero attached hydrogens (tertiary/aromatic N) is 2. The molecule has 2 amide bonds. The number of amides is 2. The Balaban J connectivity index is 1.58. The van der Waals surface area contributed by atoms with E-state index in [0.717, 1.165) is 23.1 Å². The molecule has 172 valence electrons. The molecule has 8 heteroatoms. The van der Waals surface area contributed by atoms with Crippen molar-refractivity contribution in [2.45, 2.75) is 31.3 Å². The third-order valence-electron chi connectivity index (χ3n) is 7.46. The first-order valence-corrected chi connectivity index (χ1v) is 11.9. The summed E-state index contributed by atoms with van der Waals surface area (Å²) in [4.78, 5) is 43.1. The van der Waals surface area contributed by atoms with E-state index in [1.807, 2.05) is 41.3 Å². The van der Waals surface area contributed by atoms with Gasteiger partial charge in [-0.2, -0.15) is 0 Å². The van der Waals surface area contributed by atoms with Gasteiger partial charge in [-0.25, -0.2) is 0 Å². The third-order valence-corrected chi connectivity index (χ3v) is 8.20. The van der Waals surface area contributed by atoms with Crippen LogP contribution in [-0.4, -0.2) is 53.3 Å². The van der Waals surface area contributed by atoms with E-state index in [4.69, 9.17) is 27.9 Å². The van der Waals surface area contributed by atoms with Gasteiger partial charge in [0.25, 0.3) is 0 Å². The van der Waals surface area contributed by atoms with Gasteiger partial charge in [0.2, 0.25) is 11.8 Å². The quantitative estimate of drug-likeness (QED) is 0.474. The monoisotopic (exact) mass is 486 g/mol. The summed E-state index contributed by atoms with van der Waals surface area (Å²) < 4.78 is 5.20. The molecule has 4 atom stereocenters. The standard InChI is InChI=1S/C25H24Cl2N2O4/c1-3-28-22(30)19-20(23(28)31)25(24(32)33-2)11-4-12-29(25)21(19)15-7-5-14(6-8-15)16-9-10-17(26)18(27)13-16/h5-10,13,19-21H,3-4,11-12H2,1-2H3/t19-,20-,21+,25-/m0/s1. The average Bonchev–Trinajstić information content (AvgIpc) is 3.44. The maximum Gasteiger partial charge on any atom is 0.327 e. The van der Waals surface area contributed by atoms with Crippen molar-refractivity contribution in [1.82, 2.24) is 9.80 Å². The molecule has 2 aromatic carbocycles. The van der Waals surface area contributed by atoms with Gasteiger partial charge in [-0.15, -0.1) is 0 Å². The molecule has 0 spiro atoms. The summed E-state index contributed by atoms with van der Waals surface area (Å²) in [6.45, 7) is 2.72. The topological polar surface area (TPSA) is 66.9 Å². The Morgan fingerprint density at radius 2 is 1.76 bits per heavy atom. The molecular formula is C25H24Cl2N2O4. The van der Waals surface area contributed by atoms with E-state index in [2.05, 4.69) is 0 Å². The van der Waals surface area contributed by atoms with Crippen LogP contribution in [0.4, 0.5) is 0 Å². The number of carbonyl (C=O) groups excluding carboxylic acids is 3. The smallest absolute Gasteiger partial charge is 0.327 e. The second-order valence-electron chi connectivity index (χ2n) is 8.83. The van der Waals surface area contributed by atoms with Crippen LogP contribution in [0.2, 0.25) is 10.0 Å². The number of rotatable bonds is 4. The Bertz CT molecular complexity index is 1150. The van der Waals surface area contributed by atoms with Gasteiger partial charge in [0.15, 0.2) is 0 Å². The number of methoxy groups -OCH3 is 1. The van der Waals surface area contributed by atoms with Crippen molar-refractivity contribution in [1.29, 1.82) is 0 Å². The Morgan fingerprint density at radius 3 is 2.39 bits per heavy atom. The maximum absolute atomic E-state index is 13.4. The lowest BCUT2D eigenvalue weighted by molar-refractivity contribution is -0.159. The molecule has 6 nitrogen and oxygen atoms in total. The van der Waals surface area contributed by atoms with Gasteiger partial charge in [-0.05, 0) is 55.1 Å². The van der Waals surface area contributed by atoms with Crippen molar-refractivity contribution in [3.05, 3.63) is 58.1 Å². The number of esters is 1. The zero-order valence-corrected chi connectivity index (χ0v) is 19.9. The summed E-state index contributed by atoms with van der Waals surface area (Å²) in [6, 6.07) is 13.0.